The van der Waals surface area contributed by atoms with Crippen LogP contribution in [-0.4, -0.2) is 34.9 Å². The molecule has 0 spiro atoms. The molecule has 2 aromatic heterocycles. The Morgan fingerprint density at radius 1 is 1.29 bits per heavy atom. The number of amides is 1. The van der Waals surface area contributed by atoms with E-state index < -0.39 is 17.4 Å². The summed E-state index contributed by atoms with van der Waals surface area (Å²) in [6.45, 7) is 1.38. The molecule has 11 heteroatoms. The van der Waals surface area contributed by atoms with Crippen LogP contribution in [-0.2, 0) is 22.7 Å². The molecule has 0 aliphatic rings. The number of hydrazone groups is 1. The summed E-state index contributed by atoms with van der Waals surface area (Å²) in [5.74, 6) is -0.747. The first kappa shape index (κ1) is 24.6. The van der Waals surface area contributed by atoms with Crippen LogP contribution in [0.3, 0.4) is 0 Å². The van der Waals surface area contributed by atoms with Crippen molar-refractivity contribution < 1.29 is 23.8 Å². The Morgan fingerprint density at radius 3 is 2.62 bits per heavy atom. The largest absolute Gasteiger partial charge is 0.478 e. The van der Waals surface area contributed by atoms with Crippen LogP contribution in [0.5, 0.6) is 0 Å². The number of aromatic carboxylic acids is 1. The third-order valence-corrected chi connectivity index (χ3v) is 5.93. The van der Waals surface area contributed by atoms with Crippen molar-refractivity contribution in [2.24, 2.45) is 5.10 Å². The number of rotatable bonds is 8. The maximum absolute atomic E-state index is 12.7. The third-order valence-electron chi connectivity index (χ3n) is 4.87. The summed E-state index contributed by atoms with van der Waals surface area (Å²) in [6, 6.07) is 11.4. The number of carboxylic acids is 1. The van der Waals surface area contributed by atoms with Crippen molar-refractivity contribution in [1.29, 1.82) is 5.26 Å². The Balaban J connectivity index is 1.70. The van der Waals surface area contributed by atoms with Gasteiger partial charge in [0.2, 0.25) is 0 Å². The number of aromatic nitrogens is 1. The third kappa shape index (κ3) is 5.31. The number of benzene rings is 1. The highest BCUT2D eigenvalue weighted by Gasteiger charge is 2.19. The Hall–Kier alpha value is -4.01. The molecule has 3 aromatic rings. The van der Waals surface area contributed by atoms with Crippen molar-refractivity contribution in [2.75, 3.05) is 7.11 Å². The highest BCUT2D eigenvalue weighted by Crippen LogP contribution is 2.24. The van der Waals surface area contributed by atoms with Gasteiger partial charge >= 0.3 is 5.97 Å². The number of hydrogen-bond donors (Lipinski definition) is 2. The molecule has 1 amide bonds. The van der Waals surface area contributed by atoms with Gasteiger partial charge in [-0.25, -0.2) is 10.2 Å². The molecule has 1 aromatic carbocycles. The number of ether oxygens (including phenoxy) is 1. The van der Waals surface area contributed by atoms with Crippen LogP contribution in [0.2, 0.25) is 0 Å². The van der Waals surface area contributed by atoms with Gasteiger partial charge in [0.05, 0.1) is 18.4 Å². The lowest BCUT2D eigenvalue weighted by Gasteiger charge is -2.15. The molecule has 2 heterocycles. The minimum absolute atomic E-state index is 0.0751. The van der Waals surface area contributed by atoms with Crippen LogP contribution < -0.4 is 11.0 Å². The second kappa shape index (κ2) is 10.7. The van der Waals surface area contributed by atoms with Gasteiger partial charge < -0.3 is 18.8 Å². The predicted octanol–water partition coefficient (Wildman–Crippen LogP) is 3.05. The van der Waals surface area contributed by atoms with Crippen LogP contribution >= 0.6 is 15.9 Å². The van der Waals surface area contributed by atoms with Crippen LogP contribution in [0, 0.1) is 18.3 Å². The molecule has 34 heavy (non-hydrogen) atoms. The molecule has 0 atom stereocenters. The van der Waals surface area contributed by atoms with E-state index in [4.69, 9.17) is 14.3 Å². The van der Waals surface area contributed by atoms with E-state index >= 15 is 0 Å². The summed E-state index contributed by atoms with van der Waals surface area (Å²) in [7, 11) is 1.46. The first-order valence-electron chi connectivity index (χ1n) is 9.83. The number of nitrogens with one attached hydrogen (secondary N) is 1. The number of nitriles is 1. The highest BCUT2D eigenvalue weighted by atomic mass is 79.9. The Morgan fingerprint density at radius 2 is 2.00 bits per heavy atom. The lowest BCUT2D eigenvalue weighted by Crippen LogP contribution is -2.33. The maximum Gasteiger partial charge on any atom is 0.335 e. The Kier molecular flexibility index (Phi) is 7.78. The van der Waals surface area contributed by atoms with Crippen molar-refractivity contribution in [2.45, 2.75) is 20.1 Å². The van der Waals surface area contributed by atoms with Gasteiger partial charge in [0.15, 0.2) is 0 Å². The summed E-state index contributed by atoms with van der Waals surface area (Å²) in [5, 5.41) is 22.2. The van der Waals surface area contributed by atoms with Gasteiger partial charge in [0.25, 0.3) is 11.5 Å². The van der Waals surface area contributed by atoms with Gasteiger partial charge in [-0.2, -0.15) is 10.4 Å². The smallest absolute Gasteiger partial charge is 0.335 e. The quantitative estimate of drug-likeness (QED) is 0.338. The number of pyridine rings is 1. The number of carboxylic acid groups (broad SMARTS) is 1. The first-order valence-corrected chi connectivity index (χ1v) is 10.6. The molecule has 10 nitrogen and oxygen atoms in total. The molecule has 0 aliphatic heterocycles. The van der Waals surface area contributed by atoms with E-state index in [9.17, 15) is 19.6 Å². The van der Waals surface area contributed by atoms with Gasteiger partial charge in [-0.05, 0) is 47.1 Å². The van der Waals surface area contributed by atoms with Crippen molar-refractivity contribution in [3.8, 4) is 17.4 Å². The van der Waals surface area contributed by atoms with Crippen LogP contribution in [0.4, 0.5) is 0 Å². The zero-order chi connectivity index (χ0) is 24.8. The number of halogens is 1. The van der Waals surface area contributed by atoms with Crippen molar-refractivity contribution >= 4 is 34.0 Å². The summed E-state index contributed by atoms with van der Waals surface area (Å²) in [6.07, 6.45) is 1.29. The monoisotopic (exact) mass is 526 g/mol. The fourth-order valence-corrected chi connectivity index (χ4v) is 3.68. The van der Waals surface area contributed by atoms with E-state index in [2.05, 4.69) is 26.5 Å². The van der Waals surface area contributed by atoms with E-state index in [1.165, 1.54) is 30.0 Å². The van der Waals surface area contributed by atoms with E-state index in [0.717, 1.165) is 0 Å². The molecule has 0 fully saturated rings. The molecule has 0 saturated heterocycles. The molecule has 2 N–H and O–H groups in total. The molecule has 0 radical (unpaired) electrons. The Bertz CT molecular complexity index is 1370. The van der Waals surface area contributed by atoms with Gasteiger partial charge in [-0.1, -0.05) is 12.1 Å². The van der Waals surface area contributed by atoms with Gasteiger partial charge in [-0.15, -0.1) is 0 Å². The first-order chi connectivity index (χ1) is 16.3. The van der Waals surface area contributed by atoms with E-state index in [1.54, 1.807) is 31.2 Å². The second-order valence-electron chi connectivity index (χ2n) is 7.07. The lowest BCUT2D eigenvalue weighted by molar-refractivity contribution is -0.121. The van der Waals surface area contributed by atoms with Crippen LogP contribution in [0.15, 0.2) is 55.2 Å². The van der Waals surface area contributed by atoms with E-state index in [1.807, 2.05) is 6.07 Å². The fraction of sp³-hybridized carbons (Fsp3) is 0.174. The maximum atomic E-state index is 12.7. The number of carbonyl (C=O) groups is 2. The standard InChI is InChI=1S/C23H19BrN4O6/c1-13-21(24)18(12-33-2)17(9-25)22(30)28(13)11-20(29)27-26-10-16-7-8-19(34-16)14-3-5-15(6-4-14)23(31)32/h3-8,10H,11-12H2,1-2H3,(H,27,29)(H,31,32)/b26-10-. The number of methoxy groups -OCH3 is 1. The van der Waals surface area contributed by atoms with Gasteiger partial charge in [0.1, 0.15) is 29.7 Å². The molecule has 0 saturated carbocycles. The minimum Gasteiger partial charge on any atom is -0.478 e. The minimum atomic E-state index is -1.02. The van der Waals surface area contributed by atoms with Crippen molar-refractivity contribution in [1.82, 2.24) is 9.99 Å². The van der Waals surface area contributed by atoms with Gasteiger partial charge in [-0.3, -0.25) is 9.59 Å². The number of nitrogens with zero attached hydrogens (tertiary/aromatic N) is 3. The van der Waals surface area contributed by atoms with Crippen molar-refractivity contribution in [3.63, 3.8) is 0 Å². The summed E-state index contributed by atoms with van der Waals surface area (Å²) >= 11 is 3.37. The second-order valence-corrected chi connectivity index (χ2v) is 7.86. The van der Waals surface area contributed by atoms with Crippen LogP contribution in [0.1, 0.15) is 32.9 Å². The molecule has 0 aliphatic carbocycles. The normalized spacial score (nSPS) is 10.9. The zero-order valence-corrected chi connectivity index (χ0v) is 19.7. The predicted molar refractivity (Wildman–Crippen MR) is 125 cm³/mol. The summed E-state index contributed by atoms with van der Waals surface area (Å²) in [4.78, 5) is 36.0. The van der Waals surface area contributed by atoms with Crippen LogP contribution in [0.25, 0.3) is 11.3 Å². The number of furan rings is 1. The molecule has 174 valence electrons. The summed E-state index contributed by atoms with van der Waals surface area (Å²) < 4.78 is 12.4. The molecule has 3 rings (SSSR count). The number of hydrogen-bond acceptors (Lipinski definition) is 7. The topological polar surface area (TPSA) is 147 Å². The van der Waals surface area contributed by atoms with E-state index in [-0.39, 0.29) is 24.3 Å². The lowest BCUT2D eigenvalue weighted by atomic mass is 10.1. The Labute approximate surface area is 202 Å². The van der Waals surface area contributed by atoms with Gasteiger partial charge in [0, 0.05) is 28.4 Å². The summed E-state index contributed by atoms with van der Waals surface area (Å²) in [5.41, 5.74) is 3.36. The SMILES string of the molecule is COCc1c(Br)c(C)n(CC(=O)N/N=C\c2ccc(-c3ccc(C(=O)O)cc3)o2)c(=O)c1C#N. The average molecular weight is 527 g/mol. The number of carbonyl (C=O) groups excluding carboxylic acids is 1. The molecular formula is C23H19BrN4O6. The zero-order valence-electron chi connectivity index (χ0n) is 18.2. The van der Waals surface area contributed by atoms with E-state index in [0.29, 0.717) is 32.8 Å². The highest BCUT2D eigenvalue weighted by molar-refractivity contribution is 9.10. The fourth-order valence-electron chi connectivity index (χ4n) is 3.15. The molecule has 0 unspecified atom stereocenters. The average Bonchev–Trinajstić information content (AvgIpc) is 3.29. The van der Waals surface area contributed by atoms with Crippen molar-refractivity contribution in [3.05, 3.63) is 79.4 Å². The molecule has 0 bridgehead atoms. The molecular weight excluding hydrogens is 508 g/mol.